The van der Waals surface area contributed by atoms with Crippen LogP contribution in [0, 0.1) is 0 Å². The van der Waals surface area contributed by atoms with Crippen LogP contribution in [0.5, 0.6) is 0 Å². The highest BCUT2D eigenvalue weighted by molar-refractivity contribution is 6.31. The van der Waals surface area contributed by atoms with E-state index in [-0.39, 0.29) is 11.1 Å². The van der Waals surface area contributed by atoms with Gasteiger partial charge in [-0.1, -0.05) is 18.2 Å². The van der Waals surface area contributed by atoms with Gasteiger partial charge in [-0.25, -0.2) is 4.98 Å². The van der Waals surface area contributed by atoms with Gasteiger partial charge < -0.3 is 0 Å². The van der Waals surface area contributed by atoms with Crippen molar-refractivity contribution in [3.63, 3.8) is 0 Å². The Morgan fingerprint density at radius 3 is 2.40 bits per heavy atom. The van der Waals surface area contributed by atoms with Gasteiger partial charge in [0.05, 0.1) is 27.3 Å². The summed E-state index contributed by atoms with van der Waals surface area (Å²) in [5.41, 5.74) is 3.93. The zero-order valence-electron chi connectivity index (χ0n) is 13.3. The van der Waals surface area contributed by atoms with Gasteiger partial charge in [0.15, 0.2) is 0 Å². The Bertz CT molecular complexity index is 1430. The molecule has 0 spiro atoms. The van der Waals surface area contributed by atoms with E-state index in [1.54, 1.807) is 0 Å². The lowest BCUT2D eigenvalue weighted by Gasteiger charge is -2.09. The van der Waals surface area contributed by atoms with Crippen molar-refractivity contribution in [2.24, 2.45) is 0 Å². The summed E-state index contributed by atoms with van der Waals surface area (Å²) in [5.74, 6) is 0. The number of hydrogen-bond donors (Lipinski definition) is 1. The van der Waals surface area contributed by atoms with Gasteiger partial charge in [-0.05, 0) is 37.3 Å². The number of benzene rings is 2. The van der Waals surface area contributed by atoms with Crippen molar-refractivity contribution in [3.05, 3.63) is 56.2 Å². The van der Waals surface area contributed by atoms with E-state index in [0.717, 1.165) is 69.6 Å². The van der Waals surface area contributed by atoms with Crippen LogP contribution in [0.4, 0.5) is 0 Å². The summed E-state index contributed by atoms with van der Waals surface area (Å²) in [6, 6.07) is 7.75. The molecule has 1 aliphatic carbocycles. The van der Waals surface area contributed by atoms with Crippen molar-refractivity contribution < 1.29 is 0 Å². The summed E-state index contributed by atoms with van der Waals surface area (Å²) in [6.07, 6.45) is 4.04. The second-order valence-corrected chi connectivity index (χ2v) is 6.85. The molecule has 1 aliphatic rings. The molecule has 25 heavy (non-hydrogen) atoms. The molecule has 5 aromatic rings. The van der Waals surface area contributed by atoms with Gasteiger partial charge in [-0.3, -0.25) is 19.6 Å². The number of H-pyrrole nitrogens is 1. The third-order valence-electron chi connectivity index (χ3n) is 5.52. The fourth-order valence-electron chi connectivity index (χ4n) is 4.50. The van der Waals surface area contributed by atoms with E-state index in [9.17, 15) is 9.59 Å². The average molecular weight is 327 g/mol. The Balaban J connectivity index is 2.05. The lowest BCUT2D eigenvalue weighted by molar-refractivity contribution is 0.680. The number of fused-ring (bicyclic) bond motifs is 10. The first kappa shape index (κ1) is 13.2. The molecular formula is C20H13N3O2. The average Bonchev–Trinajstić information content (AvgIpc) is 3.26. The minimum atomic E-state index is -0.323. The van der Waals surface area contributed by atoms with E-state index in [0.29, 0.717) is 10.8 Å². The van der Waals surface area contributed by atoms with E-state index in [1.165, 1.54) is 0 Å². The number of nitrogens with zero attached hydrogens (tertiary/aromatic N) is 2. The number of aryl methyl sites for hydroxylation is 2. The summed E-state index contributed by atoms with van der Waals surface area (Å²) in [5, 5.41) is 3.49. The van der Waals surface area contributed by atoms with E-state index < -0.39 is 0 Å². The van der Waals surface area contributed by atoms with Crippen LogP contribution < -0.4 is 11.1 Å². The van der Waals surface area contributed by atoms with Crippen LogP contribution in [0.15, 0.2) is 33.9 Å². The van der Waals surface area contributed by atoms with Crippen LogP contribution in [0.3, 0.4) is 0 Å². The molecule has 0 saturated heterocycles. The van der Waals surface area contributed by atoms with Gasteiger partial charge in [0.2, 0.25) is 0 Å². The summed E-state index contributed by atoms with van der Waals surface area (Å²) in [7, 11) is 0. The first-order valence-corrected chi connectivity index (χ1v) is 8.59. The predicted octanol–water partition coefficient (Wildman–Crippen LogP) is 2.89. The quantitative estimate of drug-likeness (QED) is 0.474. The summed E-state index contributed by atoms with van der Waals surface area (Å²) >= 11 is 0. The van der Waals surface area contributed by atoms with E-state index >= 15 is 0 Å². The fraction of sp³-hybridized carbons (Fsp3) is 0.200. The highest BCUT2D eigenvalue weighted by Crippen LogP contribution is 2.40. The van der Waals surface area contributed by atoms with Crippen LogP contribution in [0.1, 0.15) is 24.1 Å². The topological polar surface area (TPSA) is 75.7 Å². The molecule has 0 radical (unpaired) electrons. The molecular weight excluding hydrogens is 314 g/mol. The smallest absolute Gasteiger partial charge is 0.259 e. The summed E-state index contributed by atoms with van der Waals surface area (Å²) < 4.78 is 0. The molecule has 3 aromatic heterocycles. The van der Waals surface area contributed by atoms with E-state index in [1.807, 2.05) is 24.3 Å². The molecule has 3 heterocycles. The number of rotatable bonds is 0. The molecule has 0 amide bonds. The highest BCUT2D eigenvalue weighted by atomic mass is 16.2. The molecule has 0 aliphatic heterocycles. The largest absolute Gasteiger partial charge is 0.288 e. The standard InChI is InChI=1S/C20H13N3O2/c24-19-15-13-9-5-1-3-7-11(9)21-17(13)18-14(16(15)20(25)23-19)10-6-2-4-8-12(10)22-18/h1,3,5,7H,2,4,6,8H2,(H,23,24,25). The fourth-order valence-corrected chi connectivity index (χ4v) is 4.50. The summed E-state index contributed by atoms with van der Waals surface area (Å²) in [4.78, 5) is 37.3. The van der Waals surface area contributed by atoms with Crippen LogP contribution in [-0.4, -0.2) is 15.0 Å². The Labute approximate surface area is 141 Å². The van der Waals surface area contributed by atoms with Crippen LogP contribution >= 0.6 is 0 Å². The predicted molar refractivity (Wildman–Crippen MR) is 98.0 cm³/mol. The van der Waals surface area contributed by atoms with Gasteiger partial charge in [-0.15, -0.1) is 0 Å². The SMILES string of the molecule is O=c1[nH]c(=O)c2c1c1c3c(nc1c1nc4ccccc4c12)CCCC3. The zero-order chi connectivity index (χ0) is 16.7. The zero-order valence-corrected chi connectivity index (χ0v) is 13.3. The van der Waals surface area contributed by atoms with Gasteiger partial charge >= 0.3 is 0 Å². The summed E-state index contributed by atoms with van der Waals surface area (Å²) in [6.45, 7) is 0. The minimum Gasteiger partial charge on any atom is -0.288 e. The normalized spacial score (nSPS) is 14.9. The molecule has 5 nitrogen and oxygen atoms in total. The van der Waals surface area contributed by atoms with Gasteiger partial charge in [-0.2, -0.15) is 0 Å². The molecule has 0 unspecified atom stereocenters. The maximum atomic E-state index is 12.6. The van der Waals surface area contributed by atoms with Crippen LogP contribution in [-0.2, 0) is 12.8 Å². The second-order valence-electron chi connectivity index (χ2n) is 6.85. The third kappa shape index (κ3) is 1.49. The Morgan fingerprint density at radius 2 is 1.52 bits per heavy atom. The monoisotopic (exact) mass is 327 g/mol. The molecule has 6 rings (SSSR count). The first-order valence-electron chi connectivity index (χ1n) is 8.59. The minimum absolute atomic E-state index is 0.307. The Hall–Kier alpha value is -3.08. The number of nitrogens with one attached hydrogen (secondary N) is 1. The number of para-hydroxylation sites is 1. The molecule has 0 fully saturated rings. The van der Waals surface area contributed by atoms with Crippen molar-refractivity contribution in [2.75, 3.05) is 0 Å². The van der Waals surface area contributed by atoms with Crippen molar-refractivity contribution in [1.82, 2.24) is 15.0 Å². The number of hydrogen-bond acceptors (Lipinski definition) is 4. The van der Waals surface area contributed by atoms with Crippen LogP contribution in [0.2, 0.25) is 0 Å². The van der Waals surface area contributed by atoms with E-state index in [2.05, 4.69) is 4.98 Å². The molecule has 0 saturated carbocycles. The van der Waals surface area contributed by atoms with Crippen molar-refractivity contribution in [2.45, 2.75) is 25.7 Å². The second kappa shape index (κ2) is 4.30. The van der Waals surface area contributed by atoms with Crippen LogP contribution in [0.25, 0.3) is 43.5 Å². The number of aromatic nitrogens is 3. The third-order valence-corrected chi connectivity index (χ3v) is 5.52. The van der Waals surface area contributed by atoms with Gasteiger partial charge in [0.25, 0.3) is 11.1 Å². The Kier molecular flexibility index (Phi) is 2.28. The maximum absolute atomic E-state index is 12.6. The molecule has 120 valence electrons. The molecule has 0 atom stereocenters. The Morgan fingerprint density at radius 1 is 0.800 bits per heavy atom. The van der Waals surface area contributed by atoms with E-state index in [4.69, 9.17) is 9.97 Å². The molecule has 2 aromatic carbocycles. The van der Waals surface area contributed by atoms with Gasteiger partial charge in [0, 0.05) is 21.9 Å². The molecule has 1 N–H and O–H groups in total. The van der Waals surface area contributed by atoms with Crippen molar-refractivity contribution in [1.29, 1.82) is 0 Å². The highest BCUT2D eigenvalue weighted by Gasteiger charge is 2.26. The number of aromatic amines is 1. The lowest BCUT2D eigenvalue weighted by atomic mass is 9.93. The lowest BCUT2D eigenvalue weighted by Crippen LogP contribution is -2.06. The molecule has 5 heteroatoms. The first-order chi connectivity index (χ1) is 12.2. The maximum Gasteiger partial charge on any atom is 0.259 e. The van der Waals surface area contributed by atoms with Gasteiger partial charge in [0.1, 0.15) is 0 Å². The molecule has 0 bridgehead atoms. The van der Waals surface area contributed by atoms with Crippen molar-refractivity contribution >= 4 is 43.5 Å². The van der Waals surface area contributed by atoms with Crippen molar-refractivity contribution in [3.8, 4) is 0 Å².